The summed E-state index contributed by atoms with van der Waals surface area (Å²) in [6.45, 7) is 4.07. The van der Waals surface area contributed by atoms with Crippen molar-refractivity contribution in [3.63, 3.8) is 0 Å². The molecule has 71 heavy (non-hydrogen) atoms. The normalized spacial score (nSPS) is 15.4. The van der Waals surface area contributed by atoms with E-state index in [0.717, 1.165) is 0 Å². The maximum atomic E-state index is 13.9. The number of ether oxygens (including phenoxy) is 2. The number of rotatable bonds is 30. The van der Waals surface area contributed by atoms with Crippen molar-refractivity contribution in [2.24, 2.45) is 29.2 Å². The molecule has 0 aliphatic carbocycles. The topological polar surface area (TPSA) is 422 Å². The molecule has 0 aliphatic rings. The van der Waals surface area contributed by atoms with Crippen molar-refractivity contribution in [2.45, 2.75) is 128 Å². The minimum atomic E-state index is -5.66. The van der Waals surface area contributed by atoms with Crippen molar-refractivity contribution >= 4 is 65.2 Å². The van der Waals surface area contributed by atoms with Crippen LogP contribution in [0.1, 0.15) is 67.2 Å². The van der Waals surface area contributed by atoms with E-state index < -0.39 is 164 Å². The van der Waals surface area contributed by atoms with Crippen molar-refractivity contribution in [3.05, 3.63) is 0 Å². The Morgan fingerprint density at radius 1 is 0.648 bits per heavy atom. The van der Waals surface area contributed by atoms with Gasteiger partial charge in [0.2, 0.25) is 41.4 Å². The minimum absolute atomic E-state index is 0.0428. The Bertz CT molecular complexity index is 1880. The number of halogens is 6. The van der Waals surface area contributed by atoms with Crippen molar-refractivity contribution in [1.82, 2.24) is 42.5 Å². The first-order valence-electron chi connectivity index (χ1n) is 21.6. The van der Waals surface area contributed by atoms with E-state index in [4.69, 9.17) is 16.9 Å². The number of aliphatic carboxylic acids is 1. The van der Waals surface area contributed by atoms with Gasteiger partial charge in [0, 0.05) is 6.54 Å². The highest BCUT2D eigenvalue weighted by molar-refractivity contribution is 5.97. The molecule has 0 radical (unpaired) electrons. The van der Waals surface area contributed by atoms with Crippen LogP contribution < -0.4 is 54.0 Å². The second-order valence-electron chi connectivity index (χ2n) is 16.5. The Kier molecular flexibility index (Phi) is 27.4. The number of hydrogen-bond acceptors (Lipinski definition) is 16. The van der Waals surface area contributed by atoms with Crippen LogP contribution in [0.2, 0.25) is 0 Å². The van der Waals surface area contributed by atoms with E-state index in [0.29, 0.717) is 0 Å². The molecule has 0 aliphatic heterocycles. The molecule has 26 nitrogen and oxygen atoms in total. The van der Waals surface area contributed by atoms with Crippen LogP contribution >= 0.6 is 0 Å². The van der Waals surface area contributed by atoms with Crippen LogP contribution in [0, 0.1) is 23.2 Å². The van der Waals surface area contributed by atoms with Crippen LogP contribution in [0.4, 0.5) is 26.3 Å². The predicted molar refractivity (Wildman–Crippen MR) is 230 cm³/mol. The molecule has 0 heterocycles. The Morgan fingerprint density at radius 3 is 1.59 bits per heavy atom. The van der Waals surface area contributed by atoms with Gasteiger partial charge in [-0.05, 0) is 37.0 Å². The molecule has 7 amide bonds. The average molecular weight is 1040 g/mol. The summed E-state index contributed by atoms with van der Waals surface area (Å²) in [4.78, 5) is 127. The molecule has 32 heteroatoms. The lowest BCUT2D eigenvalue weighted by Gasteiger charge is -2.29. The van der Waals surface area contributed by atoms with E-state index in [1.54, 1.807) is 39.9 Å². The van der Waals surface area contributed by atoms with Crippen molar-refractivity contribution in [3.8, 4) is 0 Å². The van der Waals surface area contributed by atoms with E-state index in [1.807, 2.05) is 5.32 Å². The fourth-order valence-corrected chi connectivity index (χ4v) is 5.67. The lowest BCUT2D eigenvalue weighted by molar-refractivity contribution is -0.201. The smallest absolute Gasteiger partial charge is 0.480 e. The van der Waals surface area contributed by atoms with E-state index in [9.17, 15) is 89.6 Å². The number of nitrogens with one attached hydrogen (secondary N) is 9. The van der Waals surface area contributed by atoms with Crippen LogP contribution in [-0.2, 0) is 57.4 Å². The first kappa shape index (κ1) is 64.4. The summed E-state index contributed by atoms with van der Waals surface area (Å²) in [5, 5.41) is 54.3. The molecule has 0 aromatic heterocycles. The zero-order valence-corrected chi connectivity index (χ0v) is 39.4. The number of alkyl halides is 6. The number of carbonyl (C=O) groups is 10. The summed E-state index contributed by atoms with van der Waals surface area (Å²) in [6.07, 6.45) is -12.3. The molecular weight excluding hydrogens is 976 g/mol. The third-order valence-corrected chi connectivity index (χ3v) is 9.84. The van der Waals surface area contributed by atoms with Gasteiger partial charge >= 0.3 is 30.3 Å². The quantitative estimate of drug-likeness (QED) is 0.0107. The summed E-state index contributed by atoms with van der Waals surface area (Å²) in [6, 6.07) is -12.5. The van der Waals surface area contributed by atoms with Gasteiger partial charge in [0.1, 0.15) is 49.5 Å². The Hall–Kier alpha value is -6.57. The summed E-state index contributed by atoms with van der Waals surface area (Å²) in [7, 11) is 0. The predicted octanol–water partition coefficient (Wildman–Crippen LogP) is -4.00. The molecule has 0 saturated heterocycles. The summed E-state index contributed by atoms with van der Waals surface area (Å²) in [5.41, 5.74) is 11.3. The lowest BCUT2D eigenvalue weighted by atomic mass is 9.96. The molecular formula is C39H63F6N11O15. The fourth-order valence-electron chi connectivity index (χ4n) is 5.67. The van der Waals surface area contributed by atoms with Crippen molar-refractivity contribution in [1.29, 1.82) is 5.41 Å². The van der Waals surface area contributed by atoms with Crippen LogP contribution in [0.25, 0.3) is 0 Å². The fraction of sp³-hybridized carbons (Fsp3) is 0.718. The molecule has 9 atom stereocenters. The maximum Gasteiger partial charge on any atom is 0.490 e. The van der Waals surface area contributed by atoms with Gasteiger partial charge in [-0.25, -0.2) is 14.4 Å². The number of carbonyl (C=O) groups excluding carboxylic acids is 9. The second-order valence-corrected chi connectivity index (χ2v) is 16.5. The van der Waals surface area contributed by atoms with E-state index >= 15 is 0 Å². The number of amides is 7. The van der Waals surface area contributed by atoms with Crippen LogP contribution in [0.3, 0.4) is 0 Å². The Balaban J connectivity index is 6.31. The number of aliphatic hydroxyl groups excluding tert-OH is 2. The van der Waals surface area contributed by atoms with Gasteiger partial charge in [-0.1, -0.05) is 48.0 Å². The third-order valence-electron chi connectivity index (χ3n) is 9.84. The highest BCUT2D eigenvalue weighted by atomic mass is 19.4. The molecule has 406 valence electrons. The first-order valence-corrected chi connectivity index (χ1v) is 21.6. The summed E-state index contributed by atoms with van der Waals surface area (Å²) >= 11 is 0. The highest BCUT2D eigenvalue weighted by Crippen LogP contribution is 2.18. The van der Waals surface area contributed by atoms with Crippen molar-refractivity contribution in [2.75, 3.05) is 32.9 Å². The molecule has 0 bridgehead atoms. The Morgan fingerprint density at radius 2 is 1.13 bits per heavy atom. The number of nitrogens with two attached hydrogens (primary N) is 2. The van der Waals surface area contributed by atoms with Gasteiger partial charge in [0.15, 0.2) is 12.0 Å². The molecule has 0 rings (SSSR count). The van der Waals surface area contributed by atoms with Crippen LogP contribution in [-0.4, -0.2) is 174 Å². The number of hydrogen-bond donors (Lipinski definition) is 14. The average Bonchev–Trinajstić information content (AvgIpc) is 3.27. The molecule has 0 aromatic carbocycles. The van der Waals surface area contributed by atoms with E-state index in [1.165, 1.54) is 12.2 Å². The Labute approximate surface area is 402 Å². The van der Waals surface area contributed by atoms with Gasteiger partial charge in [-0.3, -0.25) is 39.0 Å². The highest BCUT2D eigenvalue weighted by Gasteiger charge is 2.43. The number of carboxylic acid groups (broad SMARTS) is 1. The monoisotopic (exact) mass is 1040 g/mol. The largest absolute Gasteiger partial charge is 0.490 e. The maximum absolute atomic E-state index is 13.9. The number of esters is 2. The van der Waals surface area contributed by atoms with Crippen LogP contribution in [0.15, 0.2) is 0 Å². The molecule has 0 saturated carbocycles. The molecule has 0 fully saturated rings. The molecule has 0 unspecified atom stereocenters. The van der Waals surface area contributed by atoms with E-state index in [2.05, 4.69) is 36.1 Å². The van der Waals surface area contributed by atoms with Gasteiger partial charge in [0.05, 0.1) is 19.3 Å². The van der Waals surface area contributed by atoms with Gasteiger partial charge < -0.3 is 78.8 Å². The summed E-state index contributed by atoms with van der Waals surface area (Å²) in [5.74, 6) is -18.1. The zero-order chi connectivity index (χ0) is 55.1. The SMILES string of the molecule is CC[C@H](C)[C@H](NC(=O)[C@@H](CCCNC(=N)N)NC(=O)[C@H](CC(C)C)NC(=O)[C@@H](N)[C@H](O)C(C)C)C(=O)N[C@@H](CO)C(=O)NCC(=O)N[C@@H](COC(=O)C(F)(F)F)C(=O)N[C@@H](COC(=O)C(F)(F)F)C(=O)O. The number of carboxylic acids is 1. The van der Waals surface area contributed by atoms with Gasteiger partial charge in [0.25, 0.3) is 0 Å². The number of guanidine groups is 1. The standard InChI is InChI=1S/C39H63F6N11O15/c1-7-18(6)26(56-29(61)19(9-8-10-49-37(47)48)52-30(62)20(11-16(2)3)53-32(64)25(46)27(59)17(4)5)33(65)54-21(13-57)28(60)50-12-24(58)51-22(14-70-35(68)38(40,41)42)31(63)55-23(34(66)67)15-71-36(69)39(43,44)45/h16-23,25-27,57,59H,7-15,46H2,1-6H3,(H,50,60)(H,51,58)(H,52,62)(H,53,64)(H,54,65)(H,55,63)(H,56,61)(H,66,67)(H4,47,48,49)/t18-,19+,20-,21-,22-,23-,25-,26-,27+/m0/s1. The zero-order valence-electron chi connectivity index (χ0n) is 39.4. The lowest BCUT2D eigenvalue weighted by Crippen LogP contribution is -2.61. The summed E-state index contributed by atoms with van der Waals surface area (Å²) < 4.78 is 83.7. The first-order chi connectivity index (χ1) is 32.7. The molecule has 16 N–H and O–H groups in total. The van der Waals surface area contributed by atoms with Crippen molar-refractivity contribution < 1.29 is 99.1 Å². The minimum Gasteiger partial charge on any atom is -0.480 e. The number of aliphatic hydroxyl groups is 2. The van der Waals surface area contributed by atoms with Gasteiger partial charge in [-0.2, -0.15) is 26.3 Å². The van der Waals surface area contributed by atoms with Crippen LogP contribution in [0.5, 0.6) is 0 Å². The van der Waals surface area contributed by atoms with Gasteiger partial charge in [-0.15, -0.1) is 0 Å². The second kappa shape index (κ2) is 30.2. The van der Waals surface area contributed by atoms with E-state index in [-0.39, 0.29) is 38.1 Å². The molecule has 0 aromatic rings. The molecule has 0 spiro atoms. The third kappa shape index (κ3) is 24.2.